The summed E-state index contributed by atoms with van der Waals surface area (Å²) in [4.78, 5) is 13.0. The normalized spacial score (nSPS) is 30.1. The molecule has 1 fully saturated rings. The monoisotopic (exact) mass is 213 g/mol. The SMILES string of the molecule is CC1CCCN(C(C)CCC(=O)O)C1C. The lowest BCUT2D eigenvalue weighted by Gasteiger charge is -2.41. The Labute approximate surface area is 92.5 Å². The van der Waals surface area contributed by atoms with Crippen molar-refractivity contribution in [1.29, 1.82) is 0 Å². The topological polar surface area (TPSA) is 40.5 Å². The maximum atomic E-state index is 10.5. The van der Waals surface area contributed by atoms with Crippen LogP contribution in [0.5, 0.6) is 0 Å². The molecule has 15 heavy (non-hydrogen) atoms. The van der Waals surface area contributed by atoms with Crippen molar-refractivity contribution in [3.8, 4) is 0 Å². The second-order valence-electron chi connectivity index (χ2n) is 4.88. The van der Waals surface area contributed by atoms with Gasteiger partial charge in [0.2, 0.25) is 0 Å². The van der Waals surface area contributed by atoms with E-state index < -0.39 is 5.97 Å². The van der Waals surface area contributed by atoms with Crippen molar-refractivity contribution in [2.24, 2.45) is 5.92 Å². The number of likely N-dealkylation sites (tertiary alicyclic amines) is 1. The zero-order chi connectivity index (χ0) is 11.4. The highest BCUT2D eigenvalue weighted by molar-refractivity contribution is 5.66. The minimum absolute atomic E-state index is 0.290. The number of piperidine rings is 1. The Bertz CT molecular complexity index is 218. The van der Waals surface area contributed by atoms with Gasteiger partial charge in [0.05, 0.1) is 0 Å². The Morgan fingerprint density at radius 3 is 2.80 bits per heavy atom. The van der Waals surface area contributed by atoms with E-state index in [9.17, 15) is 4.79 Å². The molecule has 0 saturated carbocycles. The summed E-state index contributed by atoms with van der Waals surface area (Å²) in [6.07, 6.45) is 3.62. The second kappa shape index (κ2) is 5.50. The maximum Gasteiger partial charge on any atom is 0.303 e. The van der Waals surface area contributed by atoms with Gasteiger partial charge in [-0.3, -0.25) is 9.69 Å². The molecule has 1 aliphatic heterocycles. The maximum absolute atomic E-state index is 10.5. The summed E-state index contributed by atoms with van der Waals surface area (Å²) in [6.45, 7) is 7.84. The molecular formula is C12H23NO2. The number of hydrogen-bond donors (Lipinski definition) is 1. The molecule has 88 valence electrons. The van der Waals surface area contributed by atoms with Crippen molar-refractivity contribution in [3.05, 3.63) is 0 Å². The van der Waals surface area contributed by atoms with E-state index in [1.165, 1.54) is 12.8 Å². The lowest BCUT2D eigenvalue weighted by atomic mass is 9.90. The number of aliphatic carboxylic acids is 1. The zero-order valence-electron chi connectivity index (χ0n) is 10.1. The molecular weight excluding hydrogens is 190 g/mol. The van der Waals surface area contributed by atoms with Gasteiger partial charge < -0.3 is 5.11 Å². The molecule has 3 heteroatoms. The van der Waals surface area contributed by atoms with Gasteiger partial charge in [-0.2, -0.15) is 0 Å². The van der Waals surface area contributed by atoms with Gasteiger partial charge in [0.1, 0.15) is 0 Å². The predicted molar refractivity (Wildman–Crippen MR) is 60.9 cm³/mol. The second-order valence-corrected chi connectivity index (χ2v) is 4.88. The molecule has 0 aromatic rings. The smallest absolute Gasteiger partial charge is 0.303 e. The van der Waals surface area contributed by atoms with Crippen LogP contribution in [0.1, 0.15) is 46.5 Å². The first-order chi connectivity index (χ1) is 7.02. The summed E-state index contributed by atoms with van der Waals surface area (Å²) in [6, 6.07) is 1.00. The first-order valence-corrected chi connectivity index (χ1v) is 6.00. The minimum atomic E-state index is -0.681. The molecule has 0 aromatic carbocycles. The average Bonchev–Trinajstić information content (AvgIpc) is 2.18. The van der Waals surface area contributed by atoms with Gasteiger partial charge in [-0.05, 0) is 45.6 Å². The van der Waals surface area contributed by atoms with E-state index in [0.29, 0.717) is 18.5 Å². The Balaban J connectivity index is 2.43. The Hall–Kier alpha value is -0.570. The van der Waals surface area contributed by atoms with Gasteiger partial charge in [0, 0.05) is 18.5 Å². The van der Waals surface area contributed by atoms with Crippen molar-refractivity contribution in [2.45, 2.75) is 58.5 Å². The van der Waals surface area contributed by atoms with Crippen LogP contribution < -0.4 is 0 Å². The van der Waals surface area contributed by atoms with E-state index in [-0.39, 0.29) is 0 Å². The van der Waals surface area contributed by atoms with E-state index >= 15 is 0 Å². The highest BCUT2D eigenvalue weighted by Crippen LogP contribution is 2.25. The summed E-state index contributed by atoms with van der Waals surface area (Å²) < 4.78 is 0. The molecule has 1 aliphatic rings. The van der Waals surface area contributed by atoms with Gasteiger partial charge in [0.25, 0.3) is 0 Å². The minimum Gasteiger partial charge on any atom is -0.481 e. The molecule has 0 amide bonds. The third kappa shape index (κ3) is 3.49. The highest BCUT2D eigenvalue weighted by Gasteiger charge is 2.27. The Morgan fingerprint density at radius 2 is 2.20 bits per heavy atom. The summed E-state index contributed by atoms with van der Waals surface area (Å²) in [7, 11) is 0. The fraction of sp³-hybridized carbons (Fsp3) is 0.917. The molecule has 1 saturated heterocycles. The molecule has 0 aromatic heterocycles. The van der Waals surface area contributed by atoms with Crippen LogP contribution in [0.3, 0.4) is 0 Å². The number of hydrogen-bond acceptors (Lipinski definition) is 2. The van der Waals surface area contributed by atoms with Crippen molar-refractivity contribution in [1.82, 2.24) is 4.90 Å². The standard InChI is InChI=1S/C12H23NO2/c1-9-5-4-8-13(11(9)3)10(2)6-7-12(14)15/h9-11H,4-8H2,1-3H3,(H,14,15). The Kier molecular flexibility index (Phi) is 4.58. The summed E-state index contributed by atoms with van der Waals surface area (Å²) in [5.74, 6) is 0.0607. The van der Waals surface area contributed by atoms with E-state index in [0.717, 1.165) is 18.9 Å². The van der Waals surface area contributed by atoms with Crippen molar-refractivity contribution < 1.29 is 9.90 Å². The van der Waals surface area contributed by atoms with Crippen molar-refractivity contribution in [3.63, 3.8) is 0 Å². The third-order valence-corrected chi connectivity index (χ3v) is 3.76. The van der Waals surface area contributed by atoms with Gasteiger partial charge in [-0.15, -0.1) is 0 Å². The van der Waals surface area contributed by atoms with Crippen LogP contribution in [-0.2, 0) is 4.79 Å². The number of carbonyl (C=O) groups is 1. The summed E-state index contributed by atoms with van der Waals surface area (Å²) >= 11 is 0. The van der Waals surface area contributed by atoms with Crippen molar-refractivity contribution >= 4 is 5.97 Å². The molecule has 1 rings (SSSR count). The van der Waals surface area contributed by atoms with Crippen LogP contribution in [0.15, 0.2) is 0 Å². The lowest BCUT2D eigenvalue weighted by Crippen LogP contribution is -2.47. The van der Waals surface area contributed by atoms with E-state index in [4.69, 9.17) is 5.11 Å². The number of carboxylic acids is 1. The van der Waals surface area contributed by atoms with Crippen LogP contribution in [0.25, 0.3) is 0 Å². The van der Waals surface area contributed by atoms with E-state index in [2.05, 4.69) is 25.7 Å². The fourth-order valence-electron chi connectivity index (χ4n) is 2.49. The molecule has 1 heterocycles. The largest absolute Gasteiger partial charge is 0.481 e. The fourth-order valence-corrected chi connectivity index (χ4v) is 2.49. The van der Waals surface area contributed by atoms with Gasteiger partial charge in [-0.25, -0.2) is 0 Å². The van der Waals surface area contributed by atoms with Gasteiger partial charge in [0.15, 0.2) is 0 Å². The van der Waals surface area contributed by atoms with E-state index in [1.807, 2.05) is 0 Å². The predicted octanol–water partition coefficient (Wildman–Crippen LogP) is 2.36. The van der Waals surface area contributed by atoms with Gasteiger partial charge >= 0.3 is 5.97 Å². The molecule has 3 unspecified atom stereocenters. The average molecular weight is 213 g/mol. The number of nitrogens with zero attached hydrogens (tertiary/aromatic N) is 1. The lowest BCUT2D eigenvalue weighted by molar-refractivity contribution is -0.137. The highest BCUT2D eigenvalue weighted by atomic mass is 16.4. The summed E-state index contributed by atoms with van der Waals surface area (Å²) in [5.41, 5.74) is 0. The van der Waals surface area contributed by atoms with E-state index in [1.54, 1.807) is 0 Å². The third-order valence-electron chi connectivity index (χ3n) is 3.76. The number of carboxylic acid groups (broad SMARTS) is 1. The number of rotatable bonds is 4. The van der Waals surface area contributed by atoms with Crippen LogP contribution in [0.4, 0.5) is 0 Å². The molecule has 0 aliphatic carbocycles. The Morgan fingerprint density at radius 1 is 1.53 bits per heavy atom. The van der Waals surface area contributed by atoms with Crippen LogP contribution >= 0.6 is 0 Å². The van der Waals surface area contributed by atoms with Crippen LogP contribution in [-0.4, -0.2) is 34.6 Å². The first-order valence-electron chi connectivity index (χ1n) is 6.00. The molecule has 3 atom stereocenters. The quantitative estimate of drug-likeness (QED) is 0.779. The molecule has 3 nitrogen and oxygen atoms in total. The first kappa shape index (κ1) is 12.5. The summed E-state index contributed by atoms with van der Waals surface area (Å²) in [5, 5.41) is 8.66. The van der Waals surface area contributed by atoms with Crippen LogP contribution in [0.2, 0.25) is 0 Å². The van der Waals surface area contributed by atoms with Crippen LogP contribution in [0, 0.1) is 5.92 Å². The zero-order valence-corrected chi connectivity index (χ0v) is 10.1. The molecule has 1 N–H and O–H groups in total. The van der Waals surface area contributed by atoms with Crippen molar-refractivity contribution in [2.75, 3.05) is 6.54 Å². The molecule has 0 radical (unpaired) electrons. The molecule has 0 bridgehead atoms. The van der Waals surface area contributed by atoms with Gasteiger partial charge in [-0.1, -0.05) is 6.92 Å². The molecule has 0 spiro atoms.